The molecule has 0 aromatic heterocycles. The van der Waals surface area contributed by atoms with Crippen molar-refractivity contribution in [2.75, 3.05) is 13.7 Å². The molecule has 1 aliphatic heterocycles. The average Bonchev–Trinajstić information content (AvgIpc) is 2.17. The minimum Gasteiger partial charge on any atom is -0.465 e. The molecule has 0 bridgehead atoms. The maximum Gasteiger partial charge on any atom is 0.308 e. The summed E-state index contributed by atoms with van der Waals surface area (Å²) in [4.78, 5) is 10.6. The van der Waals surface area contributed by atoms with E-state index in [-0.39, 0.29) is 11.9 Å². The number of rotatable bonds is 0. The maximum atomic E-state index is 10.6. The van der Waals surface area contributed by atoms with E-state index in [1.807, 2.05) is 20.8 Å². The number of hydrogen-bond donors (Lipinski definition) is 1. The van der Waals surface area contributed by atoms with Gasteiger partial charge in [0.25, 0.3) is 0 Å². The van der Waals surface area contributed by atoms with E-state index in [0.29, 0.717) is 6.61 Å². The number of hydrogen-bond acceptors (Lipinski definition) is 3. The molecule has 1 heterocycles. The quantitative estimate of drug-likeness (QED) is 0.570. The third kappa shape index (κ3) is 6.16. The third-order valence-corrected chi connectivity index (χ3v) is 1.43. The largest absolute Gasteiger partial charge is 0.465 e. The van der Waals surface area contributed by atoms with Crippen LogP contribution in [-0.4, -0.2) is 24.8 Å². The van der Waals surface area contributed by atoms with Crippen LogP contribution in [0.2, 0.25) is 0 Å². The fraction of sp³-hybridized carbons (Fsp3) is 0.889. The van der Waals surface area contributed by atoms with Gasteiger partial charge >= 0.3 is 5.97 Å². The van der Waals surface area contributed by atoms with Crippen molar-refractivity contribution in [1.82, 2.24) is 0 Å². The molecule has 3 nitrogen and oxygen atoms in total. The van der Waals surface area contributed by atoms with Crippen LogP contribution < -0.4 is 0 Å². The summed E-state index contributed by atoms with van der Waals surface area (Å²) in [6, 6.07) is 0. The summed E-state index contributed by atoms with van der Waals surface area (Å²) >= 11 is 0. The van der Waals surface area contributed by atoms with Crippen LogP contribution >= 0.6 is 0 Å². The molecule has 0 aromatic rings. The number of aliphatic hydroxyl groups is 1. The fourth-order valence-corrected chi connectivity index (χ4v) is 0.822. The van der Waals surface area contributed by atoms with Crippen molar-refractivity contribution in [3.05, 3.63) is 0 Å². The van der Waals surface area contributed by atoms with Gasteiger partial charge in [-0.1, -0.05) is 20.8 Å². The number of ether oxygens (including phenoxy) is 1. The van der Waals surface area contributed by atoms with Crippen LogP contribution in [0.25, 0.3) is 0 Å². The third-order valence-electron chi connectivity index (χ3n) is 1.43. The second-order valence-electron chi connectivity index (χ2n) is 2.21. The number of carbonyl (C=O) groups is 1. The highest BCUT2D eigenvalue weighted by atomic mass is 16.5. The molecule has 0 aromatic carbocycles. The molecule has 1 atom stereocenters. The van der Waals surface area contributed by atoms with Gasteiger partial charge in [-0.3, -0.25) is 4.79 Å². The van der Waals surface area contributed by atoms with Crippen LogP contribution in [0.5, 0.6) is 0 Å². The molecule has 3 heteroatoms. The molecule has 1 saturated heterocycles. The first-order valence-electron chi connectivity index (χ1n) is 4.42. The fourth-order valence-electron chi connectivity index (χ4n) is 0.822. The first kappa shape index (κ1) is 14.0. The molecule has 0 amide bonds. The Balaban J connectivity index is 0. The number of esters is 1. The van der Waals surface area contributed by atoms with Gasteiger partial charge < -0.3 is 9.84 Å². The summed E-state index contributed by atoms with van der Waals surface area (Å²) in [7, 11) is 1.00. The van der Waals surface area contributed by atoms with Gasteiger partial charge in [0.05, 0.1) is 12.5 Å². The van der Waals surface area contributed by atoms with Crippen molar-refractivity contribution in [2.24, 2.45) is 5.92 Å². The van der Waals surface area contributed by atoms with Crippen LogP contribution in [0.3, 0.4) is 0 Å². The molecule has 0 radical (unpaired) electrons. The lowest BCUT2D eigenvalue weighted by Crippen LogP contribution is -2.20. The lowest BCUT2D eigenvalue weighted by atomic mass is 10.0. The van der Waals surface area contributed by atoms with E-state index in [2.05, 4.69) is 0 Å². The Labute approximate surface area is 74.7 Å². The van der Waals surface area contributed by atoms with Crippen molar-refractivity contribution < 1.29 is 14.6 Å². The minimum atomic E-state index is -0.0312. The standard InChI is InChI=1S/C6H10O2.C2H6.CH4O/c1-5-3-2-4-8-6(5)7;2*1-2/h5H,2-4H2,1H3;1-2H3;2H,1H3. The molecule has 1 N–H and O–H groups in total. The lowest BCUT2D eigenvalue weighted by Gasteiger charge is -2.15. The van der Waals surface area contributed by atoms with Crippen molar-refractivity contribution in [1.29, 1.82) is 0 Å². The predicted molar refractivity (Wildman–Crippen MR) is 48.8 cm³/mol. The molecule has 0 aliphatic carbocycles. The Kier molecular flexibility index (Phi) is 12.2. The van der Waals surface area contributed by atoms with Gasteiger partial charge in [-0.2, -0.15) is 0 Å². The highest BCUT2D eigenvalue weighted by Crippen LogP contribution is 2.12. The lowest BCUT2D eigenvalue weighted by molar-refractivity contribution is -0.151. The predicted octanol–water partition coefficient (Wildman–Crippen LogP) is 1.59. The second-order valence-corrected chi connectivity index (χ2v) is 2.21. The summed E-state index contributed by atoms with van der Waals surface area (Å²) in [5.74, 6) is 0.111. The Hall–Kier alpha value is -0.570. The first-order chi connectivity index (χ1) is 5.80. The van der Waals surface area contributed by atoms with E-state index >= 15 is 0 Å². The molecule has 12 heavy (non-hydrogen) atoms. The van der Waals surface area contributed by atoms with Crippen molar-refractivity contribution in [2.45, 2.75) is 33.6 Å². The molecular formula is C9H20O3. The van der Waals surface area contributed by atoms with Gasteiger partial charge in [0.15, 0.2) is 0 Å². The normalized spacial score (nSPS) is 20.8. The van der Waals surface area contributed by atoms with Gasteiger partial charge in [-0.25, -0.2) is 0 Å². The summed E-state index contributed by atoms with van der Waals surface area (Å²) < 4.78 is 4.75. The Morgan fingerprint density at radius 1 is 1.42 bits per heavy atom. The topological polar surface area (TPSA) is 46.5 Å². The smallest absolute Gasteiger partial charge is 0.308 e. The van der Waals surface area contributed by atoms with Gasteiger partial charge in [0, 0.05) is 7.11 Å². The van der Waals surface area contributed by atoms with Crippen LogP contribution in [-0.2, 0) is 9.53 Å². The summed E-state index contributed by atoms with van der Waals surface area (Å²) in [5.41, 5.74) is 0. The van der Waals surface area contributed by atoms with E-state index in [1.54, 1.807) is 0 Å². The van der Waals surface area contributed by atoms with E-state index in [4.69, 9.17) is 9.84 Å². The van der Waals surface area contributed by atoms with Crippen molar-refractivity contribution >= 4 is 5.97 Å². The number of cyclic esters (lactones) is 1. The van der Waals surface area contributed by atoms with Crippen LogP contribution in [0.4, 0.5) is 0 Å². The molecule has 74 valence electrons. The molecule has 0 spiro atoms. The molecule has 0 saturated carbocycles. The zero-order chi connectivity index (χ0) is 9.98. The van der Waals surface area contributed by atoms with Crippen molar-refractivity contribution in [3.8, 4) is 0 Å². The molecule has 1 aliphatic rings. The average molecular weight is 176 g/mol. The minimum absolute atomic E-state index is 0.0312. The van der Waals surface area contributed by atoms with Crippen LogP contribution in [0, 0.1) is 5.92 Å². The van der Waals surface area contributed by atoms with Crippen LogP contribution in [0.15, 0.2) is 0 Å². The molecule has 1 fully saturated rings. The zero-order valence-electron chi connectivity index (χ0n) is 8.46. The van der Waals surface area contributed by atoms with Crippen molar-refractivity contribution in [3.63, 3.8) is 0 Å². The summed E-state index contributed by atoms with van der Waals surface area (Å²) in [6.07, 6.45) is 2.03. The van der Waals surface area contributed by atoms with E-state index in [9.17, 15) is 4.79 Å². The summed E-state index contributed by atoms with van der Waals surface area (Å²) in [5, 5.41) is 7.00. The molecule has 1 rings (SSSR count). The monoisotopic (exact) mass is 176 g/mol. The second kappa shape index (κ2) is 10.4. The van der Waals surface area contributed by atoms with E-state index in [1.165, 1.54) is 0 Å². The SMILES string of the molecule is CC.CC1CCCOC1=O.CO. The van der Waals surface area contributed by atoms with Gasteiger partial charge in [0.2, 0.25) is 0 Å². The first-order valence-corrected chi connectivity index (χ1v) is 4.42. The number of aliphatic hydroxyl groups excluding tert-OH is 1. The van der Waals surface area contributed by atoms with Crippen LogP contribution in [0.1, 0.15) is 33.6 Å². The molecular weight excluding hydrogens is 156 g/mol. The Bertz CT molecular complexity index is 102. The zero-order valence-corrected chi connectivity index (χ0v) is 8.46. The highest BCUT2D eigenvalue weighted by molar-refractivity contribution is 5.72. The maximum absolute atomic E-state index is 10.6. The number of carbonyl (C=O) groups excluding carboxylic acids is 1. The summed E-state index contributed by atoms with van der Waals surface area (Å²) in [6.45, 7) is 6.53. The Morgan fingerprint density at radius 2 is 1.92 bits per heavy atom. The Morgan fingerprint density at radius 3 is 2.17 bits per heavy atom. The highest BCUT2D eigenvalue weighted by Gasteiger charge is 2.17. The van der Waals surface area contributed by atoms with E-state index < -0.39 is 0 Å². The van der Waals surface area contributed by atoms with E-state index in [0.717, 1.165) is 20.0 Å². The van der Waals surface area contributed by atoms with Gasteiger partial charge in [-0.15, -0.1) is 0 Å². The van der Waals surface area contributed by atoms with Gasteiger partial charge in [0.1, 0.15) is 0 Å². The molecule has 1 unspecified atom stereocenters. The van der Waals surface area contributed by atoms with Gasteiger partial charge in [-0.05, 0) is 12.8 Å².